The summed E-state index contributed by atoms with van der Waals surface area (Å²) in [5.41, 5.74) is -1.03. The lowest BCUT2D eigenvalue weighted by atomic mass is 10.0. The van der Waals surface area contributed by atoms with Crippen LogP contribution < -0.4 is 5.32 Å². The molecule has 0 amide bonds. The Kier molecular flexibility index (Phi) is 4.31. The molecule has 0 aliphatic carbocycles. The normalized spacial score (nSPS) is 12.6. The summed E-state index contributed by atoms with van der Waals surface area (Å²) in [4.78, 5) is 0. The zero-order chi connectivity index (χ0) is 13.1. The van der Waals surface area contributed by atoms with E-state index in [0.29, 0.717) is 12.3 Å². The highest BCUT2D eigenvalue weighted by molar-refractivity contribution is 6.17. The molecular formula is C12H15ClF3N. The van der Waals surface area contributed by atoms with Crippen molar-refractivity contribution < 1.29 is 13.2 Å². The van der Waals surface area contributed by atoms with E-state index >= 15 is 0 Å². The van der Waals surface area contributed by atoms with Crippen molar-refractivity contribution in [2.24, 2.45) is 0 Å². The predicted molar refractivity (Wildman–Crippen MR) is 64.5 cm³/mol. The fourth-order valence-corrected chi connectivity index (χ4v) is 1.98. The molecule has 0 atom stereocenters. The Bertz CT molecular complexity index is 374. The summed E-state index contributed by atoms with van der Waals surface area (Å²) in [5.74, 6) is 0.397. The van der Waals surface area contributed by atoms with Gasteiger partial charge in [0.15, 0.2) is 0 Å². The number of rotatable bonds is 4. The summed E-state index contributed by atoms with van der Waals surface area (Å²) in [7, 11) is 0. The third kappa shape index (κ3) is 4.11. The van der Waals surface area contributed by atoms with Crippen LogP contribution in [0.3, 0.4) is 0 Å². The Morgan fingerprint density at radius 2 is 1.76 bits per heavy atom. The highest BCUT2D eigenvalue weighted by Crippen LogP contribution is 2.35. The second-order valence-corrected chi connectivity index (χ2v) is 4.87. The van der Waals surface area contributed by atoms with Crippen LogP contribution >= 0.6 is 11.6 Å². The Morgan fingerprint density at radius 3 is 2.29 bits per heavy atom. The van der Waals surface area contributed by atoms with E-state index in [2.05, 4.69) is 5.32 Å². The average molecular weight is 266 g/mol. The van der Waals surface area contributed by atoms with Gasteiger partial charge in [-0.3, -0.25) is 0 Å². The first kappa shape index (κ1) is 14.2. The molecular weight excluding hydrogens is 251 g/mol. The average Bonchev–Trinajstić information content (AvgIpc) is 2.15. The molecule has 1 aromatic rings. The highest BCUT2D eigenvalue weighted by Gasteiger charge is 2.34. The number of halogens is 4. The molecule has 0 aliphatic rings. The molecule has 0 aliphatic heterocycles. The minimum atomic E-state index is -4.35. The van der Waals surface area contributed by atoms with E-state index < -0.39 is 17.3 Å². The van der Waals surface area contributed by atoms with Gasteiger partial charge in [-0.15, -0.1) is 11.6 Å². The van der Waals surface area contributed by atoms with E-state index in [-0.39, 0.29) is 5.69 Å². The van der Waals surface area contributed by atoms with Crippen molar-refractivity contribution >= 4 is 17.3 Å². The van der Waals surface area contributed by atoms with Gasteiger partial charge in [-0.25, -0.2) is 0 Å². The summed E-state index contributed by atoms with van der Waals surface area (Å²) < 4.78 is 38.2. The van der Waals surface area contributed by atoms with Gasteiger partial charge >= 0.3 is 6.18 Å². The summed E-state index contributed by atoms with van der Waals surface area (Å²) in [6, 6.07) is 5.45. The Labute approximate surface area is 104 Å². The SMILES string of the molecule is CC(C)(CCCl)Nc1ccccc1C(F)(F)F. The number of hydrogen-bond donors (Lipinski definition) is 1. The monoisotopic (exact) mass is 265 g/mol. The summed E-state index contributed by atoms with van der Waals surface area (Å²) in [6.07, 6.45) is -3.76. The lowest BCUT2D eigenvalue weighted by molar-refractivity contribution is -0.137. The number of alkyl halides is 4. The van der Waals surface area contributed by atoms with Crippen LogP contribution in [-0.4, -0.2) is 11.4 Å². The maximum atomic E-state index is 12.7. The van der Waals surface area contributed by atoms with Gasteiger partial charge in [-0.1, -0.05) is 12.1 Å². The maximum Gasteiger partial charge on any atom is 0.418 e. The largest absolute Gasteiger partial charge is 0.418 e. The summed E-state index contributed by atoms with van der Waals surface area (Å²) >= 11 is 5.62. The molecule has 1 aromatic carbocycles. The van der Waals surface area contributed by atoms with Crippen molar-refractivity contribution in [1.82, 2.24) is 0 Å². The molecule has 1 N–H and O–H groups in total. The van der Waals surface area contributed by atoms with Crippen molar-refractivity contribution in [3.05, 3.63) is 29.8 Å². The minimum Gasteiger partial charge on any atom is -0.380 e. The van der Waals surface area contributed by atoms with E-state index in [1.807, 2.05) is 13.8 Å². The number of para-hydroxylation sites is 1. The third-order valence-corrected chi connectivity index (χ3v) is 2.61. The van der Waals surface area contributed by atoms with Gasteiger partial charge in [0.05, 0.1) is 5.56 Å². The van der Waals surface area contributed by atoms with Gasteiger partial charge < -0.3 is 5.32 Å². The zero-order valence-electron chi connectivity index (χ0n) is 9.74. The molecule has 1 rings (SSSR count). The minimum absolute atomic E-state index is 0.0927. The van der Waals surface area contributed by atoms with Crippen LogP contribution in [0.1, 0.15) is 25.8 Å². The van der Waals surface area contributed by atoms with Crippen LogP contribution in [0.5, 0.6) is 0 Å². The fourth-order valence-electron chi connectivity index (χ4n) is 1.50. The van der Waals surface area contributed by atoms with Gasteiger partial charge in [0.2, 0.25) is 0 Å². The second-order valence-electron chi connectivity index (χ2n) is 4.49. The van der Waals surface area contributed by atoms with Gasteiger partial charge in [0, 0.05) is 17.1 Å². The van der Waals surface area contributed by atoms with Gasteiger partial charge in [0.1, 0.15) is 0 Å². The molecule has 0 aromatic heterocycles. The second kappa shape index (κ2) is 5.17. The fraction of sp³-hybridized carbons (Fsp3) is 0.500. The van der Waals surface area contributed by atoms with Crippen LogP contribution in [0.15, 0.2) is 24.3 Å². The molecule has 0 unspecified atom stereocenters. The molecule has 1 nitrogen and oxygen atoms in total. The van der Waals surface area contributed by atoms with E-state index in [9.17, 15) is 13.2 Å². The number of benzene rings is 1. The standard InChI is InChI=1S/C12H15ClF3N/c1-11(2,7-8-13)17-10-6-4-3-5-9(10)12(14,15)16/h3-6,17H,7-8H2,1-2H3. The maximum absolute atomic E-state index is 12.7. The van der Waals surface area contributed by atoms with Gasteiger partial charge in [-0.05, 0) is 32.4 Å². The van der Waals surface area contributed by atoms with E-state index in [4.69, 9.17) is 11.6 Å². The molecule has 0 saturated carbocycles. The van der Waals surface area contributed by atoms with Crippen LogP contribution in [0.2, 0.25) is 0 Å². The van der Waals surface area contributed by atoms with E-state index in [0.717, 1.165) is 6.07 Å². The number of nitrogens with one attached hydrogen (secondary N) is 1. The molecule has 0 spiro atoms. The summed E-state index contributed by atoms with van der Waals surface area (Å²) in [5, 5.41) is 2.89. The van der Waals surface area contributed by atoms with Crippen molar-refractivity contribution in [2.45, 2.75) is 32.0 Å². The van der Waals surface area contributed by atoms with Gasteiger partial charge in [0.25, 0.3) is 0 Å². The molecule has 0 radical (unpaired) electrons. The lowest BCUT2D eigenvalue weighted by Gasteiger charge is -2.28. The van der Waals surface area contributed by atoms with E-state index in [1.54, 1.807) is 6.07 Å². The van der Waals surface area contributed by atoms with Crippen molar-refractivity contribution in [3.8, 4) is 0 Å². The van der Waals surface area contributed by atoms with Gasteiger partial charge in [-0.2, -0.15) is 13.2 Å². The van der Waals surface area contributed by atoms with E-state index in [1.165, 1.54) is 12.1 Å². The Morgan fingerprint density at radius 1 is 1.18 bits per heavy atom. The van der Waals surface area contributed by atoms with Crippen LogP contribution in [0.25, 0.3) is 0 Å². The van der Waals surface area contributed by atoms with Crippen LogP contribution in [-0.2, 0) is 6.18 Å². The highest BCUT2D eigenvalue weighted by atomic mass is 35.5. The smallest absolute Gasteiger partial charge is 0.380 e. The quantitative estimate of drug-likeness (QED) is 0.789. The molecule has 17 heavy (non-hydrogen) atoms. The molecule has 0 saturated heterocycles. The lowest BCUT2D eigenvalue weighted by Crippen LogP contribution is -2.32. The topological polar surface area (TPSA) is 12.0 Å². The predicted octanol–water partition coefficient (Wildman–Crippen LogP) is 4.52. The molecule has 5 heteroatoms. The number of hydrogen-bond acceptors (Lipinski definition) is 1. The molecule has 96 valence electrons. The van der Waals surface area contributed by atoms with Crippen molar-refractivity contribution in [3.63, 3.8) is 0 Å². The van der Waals surface area contributed by atoms with Crippen molar-refractivity contribution in [1.29, 1.82) is 0 Å². The van der Waals surface area contributed by atoms with Crippen LogP contribution in [0.4, 0.5) is 18.9 Å². The van der Waals surface area contributed by atoms with Crippen LogP contribution in [0, 0.1) is 0 Å². The molecule has 0 bridgehead atoms. The Hall–Kier alpha value is -0.900. The zero-order valence-corrected chi connectivity index (χ0v) is 10.5. The first-order valence-corrected chi connectivity index (χ1v) is 5.80. The Balaban J connectivity index is 2.99. The van der Waals surface area contributed by atoms with Crippen molar-refractivity contribution in [2.75, 3.05) is 11.2 Å². The first-order chi connectivity index (χ1) is 7.76. The number of anilines is 1. The first-order valence-electron chi connectivity index (χ1n) is 5.27. The third-order valence-electron chi connectivity index (χ3n) is 2.43. The summed E-state index contributed by atoms with van der Waals surface area (Å²) in [6.45, 7) is 3.64. The molecule has 0 heterocycles. The molecule has 0 fully saturated rings.